The second-order valence-electron chi connectivity index (χ2n) is 3.66. The van der Waals surface area contributed by atoms with Crippen molar-refractivity contribution in [2.24, 2.45) is 0 Å². The molecule has 7 nitrogen and oxygen atoms in total. The van der Waals surface area contributed by atoms with Gasteiger partial charge < -0.3 is 14.8 Å². The molecule has 0 saturated carbocycles. The topological polar surface area (TPSA) is 90.7 Å². The van der Waals surface area contributed by atoms with Crippen LogP contribution >= 0.6 is 0 Å². The van der Waals surface area contributed by atoms with Gasteiger partial charge in [-0.2, -0.15) is 0 Å². The standard InChI is InChI=1S/C12H16N2O5/c1-3-19-12(15)8-13-7-9-4-5-10(18-2)6-11(9)14(16)17/h4-6,13H,3,7-8H2,1-2H3. The van der Waals surface area contributed by atoms with E-state index in [2.05, 4.69) is 5.32 Å². The number of hydrogen-bond donors (Lipinski definition) is 1. The van der Waals surface area contributed by atoms with E-state index in [-0.39, 0.29) is 18.8 Å². The second-order valence-corrected chi connectivity index (χ2v) is 3.66. The molecule has 19 heavy (non-hydrogen) atoms. The second kappa shape index (κ2) is 7.32. The number of hydrogen-bond acceptors (Lipinski definition) is 6. The molecule has 0 amide bonds. The number of carbonyl (C=O) groups is 1. The van der Waals surface area contributed by atoms with E-state index in [0.717, 1.165) is 0 Å². The van der Waals surface area contributed by atoms with E-state index < -0.39 is 10.9 Å². The van der Waals surface area contributed by atoms with Crippen LogP contribution in [0.3, 0.4) is 0 Å². The van der Waals surface area contributed by atoms with Crippen LogP contribution in [0.2, 0.25) is 0 Å². The van der Waals surface area contributed by atoms with Gasteiger partial charge in [0.15, 0.2) is 0 Å². The summed E-state index contributed by atoms with van der Waals surface area (Å²) in [4.78, 5) is 21.6. The van der Waals surface area contributed by atoms with E-state index in [1.54, 1.807) is 19.1 Å². The Labute approximate surface area is 110 Å². The van der Waals surface area contributed by atoms with Gasteiger partial charge in [-0.05, 0) is 19.1 Å². The molecule has 0 unspecified atom stereocenters. The quantitative estimate of drug-likeness (QED) is 0.454. The summed E-state index contributed by atoms with van der Waals surface area (Å²) in [6, 6.07) is 4.57. The number of methoxy groups -OCH3 is 1. The molecule has 0 radical (unpaired) electrons. The summed E-state index contributed by atoms with van der Waals surface area (Å²) < 4.78 is 9.67. The molecule has 0 saturated heterocycles. The molecule has 0 heterocycles. The Kier molecular flexibility index (Phi) is 5.74. The fourth-order valence-corrected chi connectivity index (χ4v) is 1.50. The van der Waals surface area contributed by atoms with E-state index in [1.165, 1.54) is 13.2 Å². The molecule has 0 fully saturated rings. The van der Waals surface area contributed by atoms with Crippen molar-refractivity contribution < 1.29 is 19.2 Å². The molecule has 0 atom stereocenters. The summed E-state index contributed by atoms with van der Waals surface area (Å²) in [5, 5.41) is 13.7. The summed E-state index contributed by atoms with van der Waals surface area (Å²) >= 11 is 0. The SMILES string of the molecule is CCOC(=O)CNCc1ccc(OC)cc1[N+](=O)[O-]. The van der Waals surface area contributed by atoms with Crippen LogP contribution in [0.1, 0.15) is 12.5 Å². The normalized spacial score (nSPS) is 10.0. The predicted molar refractivity (Wildman–Crippen MR) is 68.0 cm³/mol. The van der Waals surface area contributed by atoms with Crippen molar-refractivity contribution in [3.8, 4) is 5.75 Å². The third-order valence-electron chi connectivity index (χ3n) is 2.38. The zero-order valence-electron chi connectivity index (χ0n) is 10.8. The molecule has 0 aliphatic carbocycles. The monoisotopic (exact) mass is 268 g/mol. The van der Waals surface area contributed by atoms with Gasteiger partial charge in [0.2, 0.25) is 0 Å². The molecule has 0 aliphatic heterocycles. The molecule has 1 N–H and O–H groups in total. The molecule has 104 valence electrons. The highest BCUT2D eigenvalue weighted by Gasteiger charge is 2.15. The highest BCUT2D eigenvalue weighted by molar-refractivity contribution is 5.71. The number of nitro benzene ring substituents is 1. The summed E-state index contributed by atoms with van der Waals surface area (Å²) in [5.41, 5.74) is 0.436. The first-order valence-electron chi connectivity index (χ1n) is 5.76. The van der Waals surface area contributed by atoms with Crippen LogP contribution in [-0.4, -0.2) is 31.2 Å². The number of benzene rings is 1. The van der Waals surface area contributed by atoms with E-state index in [1.807, 2.05) is 0 Å². The first-order chi connectivity index (χ1) is 9.08. The van der Waals surface area contributed by atoms with Crippen molar-refractivity contribution in [3.05, 3.63) is 33.9 Å². The summed E-state index contributed by atoms with van der Waals surface area (Å²) in [5.74, 6) is 0.0273. The van der Waals surface area contributed by atoms with Gasteiger partial charge in [0, 0.05) is 12.1 Å². The number of ether oxygens (including phenoxy) is 2. The van der Waals surface area contributed by atoms with Crippen molar-refractivity contribution in [2.45, 2.75) is 13.5 Å². The molecule has 1 aromatic carbocycles. The predicted octanol–water partition coefficient (Wildman–Crippen LogP) is 1.26. The molecule has 1 rings (SSSR count). The van der Waals surface area contributed by atoms with Crippen LogP contribution < -0.4 is 10.1 Å². The maximum atomic E-state index is 11.1. The zero-order valence-corrected chi connectivity index (χ0v) is 10.8. The third-order valence-corrected chi connectivity index (χ3v) is 2.38. The van der Waals surface area contributed by atoms with Gasteiger partial charge in [0.1, 0.15) is 5.75 Å². The van der Waals surface area contributed by atoms with Gasteiger partial charge in [0.25, 0.3) is 5.69 Å². The lowest BCUT2D eigenvalue weighted by Gasteiger charge is -2.07. The van der Waals surface area contributed by atoms with Crippen LogP contribution in [0.5, 0.6) is 5.75 Å². The van der Waals surface area contributed by atoms with E-state index in [4.69, 9.17) is 9.47 Å². The number of nitrogens with one attached hydrogen (secondary N) is 1. The molecule has 0 aliphatic rings. The van der Waals surface area contributed by atoms with Crippen molar-refractivity contribution in [2.75, 3.05) is 20.3 Å². The molecule has 1 aromatic rings. The van der Waals surface area contributed by atoms with Gasteiger partial charge in [-0.15, -0.1) is 0 Å². The first-order valence-corrected chi connectivity index (χ1v) is 5.76. The number of nitrogens with zero attached hydrogens (tertiary/aromatic N) is 1. The molecule has 0 spiro atoms. The highest BCUT2D eigenvalue weighted by Crippen LogP contribution is 2.24. The molecule has 0 aromatic heterocycles. The number of rotatable bonds is 7. The number of carbonyl (C=O) groups excluding carboxylic acids is 1. The molecule has 0 bridgehead atoms. The van der Waals surface area contributed by atoms with E-state index in [0.29, 0.717) is 17.9 Å². The van der Waals surface area contributed by atoms with Crippen LogP contribution in [0, 0.1) is 10.1 Å². The Morgan fingerprint density at radius 3 is 2.79 bits per heavy atom. The Morgan fingerprint density at radius 1 is 1.47 bits per heavy atom. The highest BCUT2D eigenvalue weighted by atomic mass is 16.6. The first kappa shape index (κ1) is 14.9. The minimum absolute atomic E-state index is 0.0109. The lowest BCUT2D eigenvalue weighted by Crippen LogP contribution is -2.24. The average molecular weight is 268 g/mol. The van der Waals surface area contributed by atoms with E-state index >= 15 is 0 Å². The maximum absolute atomic E-state index is 11.1. The fourth-order valence-electron chi connectivity index (χ4n) is 1.50. The van der Waals surface area contributed by atoms with Crippen LogP contribution in [0.4, 0.5) is 5.69 Å². The van der Waals surface area contributed by atoms with Crippen LogP contribution in [0.15, 0.2) is 18.2 Å². The van der Waals surface area contributed by atoms with Crippen LogP contribution in [0.25, 0.3) is 0 Å². The molecular formula is C12H16N2O5. The average Bonchev–Trinajstić information content (AvgIpc) is 2.39. The van der Waals surface area contributed by atoms with E-state index in [9.17, 15) is 14.9 Å². The Bertz CT molecular complexity index is 461. The lowest BCUT2D eigenvalue weighted by molar-refractivity contribution is -0.385. The zero-order chi connectivity index (χ0) is 14.3. The minimum atomic E-state index is -0.482. The lowest BCUT2D eigenvalue weighted by atomic mass is 10.1. The maximum Gasteiger partial charge on any atom is 0.319 e. The van der Waals surface area contributed by atoms with Gasteiger partial charge in [-0.25, -0.2) is 0 Å². The fraction of sp³-hybridized carbons (Fsp3) is 0.417. The van der Waals surface area contributed by atoms with Crippen molar-refractivity contribution in [1.82, 2.24) is 5.32 Å². The van der Waals surface area contributed by atoms with Gasteiger partial charge in [-0.1, -0.05) is 0 Å². The third kappa shape index (κ3) is 4.55. The smallest absolute Gasteiger partial charge is 0.319 e. The Morgan fingerprint density at radius 2 is 2.21 bits per heavy atom. The Hall–Kier alpha value is -2.15. The summed E-state index contributed by atoms with van der Waals surface area (Å²) in [7, 11) is 1.44. The van der Waals surface area contributed by atoms with Crippen molar-refractivity contribution in [1.29, 1.82) is 0 Å². The summed E-state index contributed by atoms with van der Waals surface area (Å²) in [6.45, 7) is 2.24. The van der Waals surface area contributed by atoms with Gasteiger partial charge in [-0.3, -0.25) is 14.9 Å². The van der Waals surface area contributed by atoms with Crippen LogP contribution in [-0.2, 0) is 16.1 Å². The summed E-state index contributed by atoms with van der Waals surface area (Å²) in [6.07, 6.45) is 0. The van der Waals surface area contributed by atoms with Crippen molar-refractivity contribution >= 4 is 11.7 Å². The van der Waals surface area contributed by atoms with Crippen molar-refractivity contribution in [3.63, 3.8) is 0 Å². The number of nitro groups is 1. The molecule has 7 heteroatoms. The van der Waals surface area contributed by atoms with Gasteiger partial charge in [0.05, 0.1) is 31.3 Å². The van der Waals surface area contributed by atoms with Gasteiger partial charge >= 0.3 is 5.97 Å². The molecular weight excluding hydrogens is 252 g/mol. The Balaban J connectivity index is 2.67. The minimum Gasteiger partial charge on any atom is -0.497 e. The number of esters is 1. The largest absolute Gasteiger partial charge is 0.497 e.